The van der Waals surface area contributed by atoms with Gasteiger partial charge in [-0.1, -0.05) is 11.6 Å². The van der Waals surface area contributed by atoms with Gasteiger partial charge in [-0.25, -0.2) is 4.79 Å². The van der Waals surface area contributed by atoms with Crippen LogP contribution in [0.5, 0.6) is 0 Å². The second kappa shape index (κ2) is 5.89. The highest BCUT2D eigenvalue weighted by atomic mass is 35.5. The van der Waals surface area contributed by atoms with Crippen molar-refractivity contribution in [3.63, 3.8) is 0 Å². The maximum atomic E-state index is 11.0. The van der Waals surface area contributed by atoms with E-state index < -0.39 is 12.0 Å². The average molecular weight is 302 g/mol. The standard InChI is InChI=1S/C10H8ClN3O4S/c11-5-1-2-6-8(3-5)18-10(12-6)13-7(9(15)16)4-19-14-17/h1-3,7H,4H2,(H,12,13)(H,15,16)/t7-/m0/s1. The fourth-order valence-corrected chi connectivity index (χ4v) is 1.99. The molecule has 0 aliphatic heterocycles. The zero-order chi connectivity index (χ0) is 13.8. The molecule has 1 aromatic carbocycles. The van der Waals surface area contributed by atoms with Gasteiger partial charge in [0, 0.05) is 33.4 Å². The molecule has 1 heterocycles. The maximum Gasteiger partial charge on any atom is 0.327 e. The Morgan fingerprint density at radius 2 is 2.42 bits per heavy atom. The number of hydrogen-bond donors (Lipinski definition) is 2. The monoisotopic (exact) mass is 301 g/mol. The zero-order valence-corrected chi connectivity index (χ0v) is 10.9. The molecule has 7 nitrogen and oxygen atoms in total. The normalized spacial score (nSPS) is 12.3. The number of nitrogens with zero attached hydrogens (tertiary/aromatic N) is 2. The summed E-state index contributed by atoms with van der Waals surface area (Å²) in [4.78, 5) is 25.0. The fourth-order valence-electron chi connectivity index (χ4n) is 1.39. The minimum Gasteiger partial charge on any atom is -0.480 e. The third-order valence-electron chi connectivity index (χ3n) is 2.24. The lowest BCUT2D eigenvalue weighted by Crippen LogP contribution is -2.31. The third-order valence-corrected chi connectivity index (χ3v) is 3.06. The summed E-state index contributed by atoms with van der Waals surface area (Å²) in [6.45, 7) is 0. The smallest absolute Gasteiger partial charge is 0.327 e. The highest BCUT2D eigenvalue weighted by Crippen LogP contribution is 2.23. The fraction of sp³-hybridized carbons (Fsp3) is 0.200. The number of rotatable bonds is 6. The van der Waals surface area contributed by atoms with Crippen LogP contribution in [0.15, 0.2) is 27.2 Å². The topological polar surface area (TPSA) is 105 Å². The lowest BCUT2D eigenvalue weighted by molar-refractivity contribution is -0.137. The Balaban J connectivity index is 2.18. The largest absolute Gasteiger partial charge is 0.480 e. The number of hydrogen-bond acceptors (Lipinski definition) is 7. The Labute approximate surface area is 116 Å². The lowest BCUT2D eigenvalue weighted by Gasteiger charge is -2.09. The number of nitroso groups, excluding NO2 is 1. The summed E-state index contributed by atoms with van der Waals surface area (Å²) in [5, 5.41) is 12.0. The number of aromatic nitrogens is 1. The van der Waals surface area contributed by atoms with Crippen LogP contribution in [-0.2, 0) is 4.79 Å². The van der Waals surface area contributed by atoms with Crippen LogP contribution in [0.3, 0.4) is 0 Å². The number of carbonyl (C=O) groups is 1. The van der Waals surface area contributed by atoms with E-state index in [1.165, 1.54) is 0 Å². The van der Waals surface area contributed by atoms with Gasteiger partial charge in [0.2, 0.25) is 0 Å². The van der Waals surface area contributed by atoms with Gasteiger partial charge in [-0.15, -0.1) is 4.91 Å². The van der Waals surface area contributed by atoms with Crippen LogP contribution in [0, 0.1) is 4.91 Å². The first kappa shape index (κ1) is 13.6. The van der Waals surface area contributed by atoms with Gasteiger partial charge < -0.3 is 14.8 Å². The number of nitrogens with one attached hydrogen (secondary N) is 1. The molecule has 2 N–H and O–H groups in total. The van der Waals surface area contributed by atoms with Gasteiger partial charge in [0.25, 0.3) is 6.01 Å². The van der Waals surface area contributed by atoms with E-state index in [0.29, 0.717) is 28.1 Å². The molecule has 0 aliphatic rings. The van der Waals surface area contributed by atoms with Crippen LogP contribution in [-0.4, -0.2) is 27.9 Å². The summed E-state index contributed by atoms with van der Waals surface area (Å²) in [7, 11) is 0. The second-order valence-corrected chi connectivity index (χ2v) is 4.71. The molecule has 0 aliphatic carbocycles. The third kappa shape index (κ3) is 3.36. The van der Waals surface area contributed by atoms with Crippen molar-refractivity contribution in [2.24, 2.45) is 4.58 Å². The molecule has 0 bridgehead atoms. The van der Waals surface area contributed by atoms with Crippen LogP contribution >= 0.6 is 23.5 Å². The molecule has 2 aromatic rings. The quantitative estimate of drug-likeness (QED) is 0.624. The van der Waals surface area contributed by atoms with Gasteiger partial charge in [0.1, 0.15) is 11.6 Å². The van der Waals surface area contributed by atoms with E-state index in [0.717, 1.165) is 0 Å². The van der Waals surface area contributed by atoms with E-state index in [1.54, 1.807) is 18.2 Å². The molecule has 1 atom stereocenters. The Bertz CT molecular complexity index is 618. The number of carboxylic acids is 1. The molecule has 0 radical (unpaired) electrons. The van der Waals surface area contributed by atoms with Crippen molar-refractivity contribution in [2.75, 3.05) is 11.1 Å². The number of benzene rings is 1. The molecule has 2 rings (SSSR count). The van der Waals surface area contributed by atoms with Crippen molar-refractivity contribution in [2.45, 2.75) is 6.04 Å². The molecule has 0 amide bonds. The van der Waals surface area contributed by atoms with Crippen molar-refractivity contribution in [1.29, 1.82) is 0 Å². The van der Waals surface area contributed by atoms with Crippen molar-refractivity contribution in [1.82, 2.24) is 4.98 Å². The summed E-state index contributed by atoms with van der Waals surface area (Å²) in [5.74, 6) is -1.16. The van der Waals surface area contributed by atoms with Crippen LogP contribution in [0.1, 0.15) is 0 Å². The van der Waals surface area contributed by atoms with E-state index in [1.807, 2.05) is 0 Å². The number of halogens is 1. The van der Waals surface area contributed by atoms with Crippen LogP contribution in [0.4, 0.5) is 6.01 Å². The molecular weight excluding hydrogens is 294 g/mol. The summed E-state index contributed by atoms with van der Waals surface area (Å²) in [6, 6.07) is 3.91. The number of aliphatic carboxylic acids is 1. The van der Waals surface area contributed by atoms with E-state index >= 15 is 0 Å². The Hall–Kier alpha value is -1.80. The molecule has 100 valence electrons. The van der Waals surface area contributed by atoms with Gasteiger partial charge in [-0.05, 0) is 12.1 Å². The molecular formula is C10H8ClN3O4S. The van der Waals surface area contributed by atoms with Crippen molar-refractivity contribution >= 4 is 46.6 Å². The lowest BCUT2D eigenvalue weighted by atomic mass is 10.3. The minimum atomic E-state index is -1.13. The van der Waals surface area contributed by atoms with Gasteiger partial charge in [0.15, 0.2) is 5.58 Å². The Morgan fingerprint density at radius 3 is 3.11 bits per heavy atom. The molecule has 0 saturated heterocycles. The summed E-state index contributed by atoms with van der Waals surface area (Å²) in [6.07, 6.45) is 0. The van der Waals surface area contributed by atoms with Crippen LogP contribution in [0.25, 0.3) is 11.1 Å². The summed E-state index contributed by atoms with van der Waals surface area (Å²) in [5.41, 5.74) is 0.998. The average Bonchev–Trinajstić information content (AvgIpc) is 2.75. The molecule has 1 aromatic heterocycles. The van der Waals surface area contributed by atoms with Gasteiger partial charge >= 0.3 is 5.97 Å². The van der Waals surface area contributed by atoms with E-state index in [2.05, 4.69) is 14.9 Å². The molecule has 0 saturated carbocycles. The highest BCUT2D eigenvalue weighted by Gasteiger charge is 2.20. The molecule has 19 heavy (non-hydrogen) atoms. The SMILES string of the molecule is O=NSC[C@H](Nc1nc2ccc(Cl)cc2o1)C(=O)O. The van der Waals surface area contributed by atoms with Gasteiger partial charge in [-0.3, -0.25) is 0 Å². The summed E-state index contributed by atoms with van der Waals surface area (Å²) < 4.78 is 7.87. The van der Waals surface area contributed by atoms with Crippen LogP contribution < -0.4 is 5.32 Å². The van der Waals surface area contributed by atoms with E-state index in [9.17, 15) is 9.70 Å². The van der Waals surface area contributed by atoms with Crippen LogP contribution in [0.2, 0.25) is 5.02 Å². The van der Waals surface area contributed by atoms with E-state index in [-0.39, 0.29) is 11.8 Å². The van der Waals surface area contributed by atoms with Crippen molar-refractivity contribution < 1.29 is 14.3 Å². The predicted octanol–water partition coefficient (Wildman–Crippen LogP) is 2.76. The van der Waals surface area contributed by atoms with Crippen molar-refractivity contribution in [3.05, 3.63) is 28.1 Å². The molecule has 9 heteroatoms. The first-order chi connectivity index (χ1) is 9.10. The molecule has 0 spiro atoms. The first-order valence-corrected chi connectivity index (χ1v) is 6.42. The minimum absolute atomic E-state index is 0.0294. The van der Waals surface area contributed by atoms with Crippen molar-refractivity contribution in [3.8, 4) is 0 Å². The number of oxazole rings is 1. The Kier molecular flexibility index (Phi) is 4.23. The van der Waals surface area contributed by atoms with E-state index in [4.69, 9.17) is 21.1 Å². The second-order valence-electron chi connectivity index (χ2n) is 3.54. The first-order valence-electron chi connectivity index (χ1n) is 5.10. The highest BCUT2D eigenvalue weighted by molar-refractivity contribution is 7.97. The number of fused-ring (bicyclic) bond motifs is 1. The molecule has 0 fully saturated rings. The Morgan fingerprint density at radius 1 is 1.63 bits per heavy atom. The maximum absolute atomic E-state index is 11.0. The van der Waals surface area contributed by atoms with Gasteiger partial charge in [-0.2, -0.15) is 4.98 Å². The van der Waals surface area contributed by atoms with Gasteiger partial charge in [0.05, 0.1) is 0 Å². The molecule has 0 unspecified atom stereocenters. The summed E-state index contributed by atoms with van der Waals surface area (Å²) >= 11 is 6.41. The number of carboxylic acid groups (broad SMARTS) is 1. The predicted molar refractivity (Wildman–Crippen MR) is 72.3 cm³/mol. The number of anilines is 1. The zero-order valence-electron chi connectivity index (χ0n) is 9.37.